The maximum absolute atomic E-state index is 13.5. The van der Waals surface area contributed by atoms with Crippen LogP contribution in [0.3, 0.4) is 0 Å². The van der Waals surface area contributed by atoms with E-state index in [4.69, 9.17) is 16.7 Å². The first kappa shape index (κ1) is 20.6. The number of hydrogen-bond donors (Lipinski definition) is 2. The van der Waals surface area contributed by atoms with Crippen LogP contribution in [0.5, 0.6) is 0 Å². The van der Waals surface area contributed by atoms with Gasteiger partial charge in [0.25, 0.3) is 5.56 Å². The van der Waals surface area contributed by atoms with Gasteiger partial charge in [0.2, 0.25) is 0 Å². The van der Waals surface area contributed by atoms with Gasteiger partial charge in [-0.05, 0) is 18.6 Å². The third-order valence-corrected chi connectivity index (χ3v) is 5.65. The fraction of sp³-hybridized carbons (Fsp3) is 0.143. The molecule has 0 aliphatic carbocycles. The number of halogens is 1. The van der Waals surface area contributed by atoms with Crippen molar-refractivity contribution in [2.24, 2.45) is 0 Å². The molecule has 12 heteroatoms. The van der Waals surface area contributed by atoms with Gasteiger partial charge >= 0.3 is 6.09 Å². The maximum atomic E-state index is 13.5. The summed E-state index contributed by atoms with van der Waals surface area (Å²) in [7, 11) is 0. The van der Waals surface area contributed by atoms with Crippen molar-refractivity contribution in [3.05, 3.63) is 82.0 Å². The Morgan fingerprint density at radius 2 is 1.97 bits per heavy atom. The van der Waals surface area contributed by atoms with Crippen molar-refractivity contribution in [1.82, 2.24) is 33.7 Å². The number of fused-ring (bicyclic) bond motifs is 2. The number of nitrogens with one attached hydrogen (secondary N) is 1. The molecule has 0 saturated heterocycles. The van der Waals surface area contributed by atoms with E-state index in [1.54, 1.807) is 21.4 Å². The van der Waals surface area contributed by atoms with Crippen LogP contribution >= 0.6 is 11.6 Å². The van der Waals surface area contributed by atoms with Crippen LogP contribution in [-0.4, -0.2) is 44.9 Å². The SMILES string of the molecule is C[C@@H](c1ccccc1)n1c(Cn2cnc3c(NC(=O)O)ncnc32)nn2ccc(Cl)c2c1=O. The van der Waals surface area contributed by atoms with Gasteiger partial charge in [-0.3, -0.25) is 14.7 Å². The quantitative estimate of drug-likeness (QED) is 0.408. The number of aromatic nitrogens is 7. The lowest BCUT2D eigenvalue weighted by molar-refractivity contribution is 0.209. The van der Waals surface area contributed by atoms with E-state index in [0.717, 1.165) is 5.56 Å². The number of carboxylic acid groups (broad SMARTS) is 1. The Kier molecular flexibility index (Phi) is 5.02. The third kappa shape index (κ3) is 3.57. The molecule has 0 radical (unpaired) electrons. The number of rotatable bonds is 5. The molecule has 2 N–H and O–H groups in total. The molecule has 33 heavy (non-hydrogen) atoms. The molecule has 0 bridgehead atoms. The van der Waals surface area contributed by atoms with Crippen LogP contribution in [0.15, 0.2) is 60.0 Å². The summed E-state index contributed by atoms with van der Waals surface area (Å²) in [6.07, 6.45) is 3.12. The summed E-state index contributed by atoms with van der Waals surface area (Å²) < 4.78 is 4.73. The van der Waals surface area contributed by atoms with Gasteiger partial charge in [0.1, 0.15) is 11.8 Å². The lowest BCUT2D eigenvalue weighted by atomic mass is 10.1. The number of carbonyl (C=O) groups is 1. The summed E-state index contributed by atoms with van der Waals surface area (Å²) in [5, 5.41) is 16.2. The van der Waals surface area contributed by atoms with Crippen molar-refractivity contribution in [2.75, 3.05) is 5.32 Å². The van der Waals surface area contributed by atoms with E-state index in [0.29, 0.717) is 16.5 Å². The van der Waals surface area contributed by atoms with Gasteiger partial charge in [-0.1, -0.05) is 41.9 Å². The molecule has 1 aromatic carbocycles. The number of nitrogens with zero attached hydrogens (tertiary/aromatic N) is 7. The normalized spacial score (nSPS) is 12.3. The molecule has 0 saturated carbocycles. The smallest absolute Gasteiger partial charge is 0.410 e. The fourth-order valence-electron chi connectivity index (χ4n) is 3.82. The second kappa shape index (κ2) is 8.02. The molecule has 5 aromatic rings. The summed E-state index contributed by atoms with van der Waals surface area (Å²) >= 11 is 6.27. The van der Waals surface area contributed by atoms with Crippen LogP contribution in [0.4, 0.5) is 10.6 Å². The Bertz CT molecular complexity index is 1560. The van der Waals surface area contributed by atoms with E-state index in [1.165, 1.54) is 17.2 Å². The molecular formula is C21H17ClN8O3. The standard InChI is InChI=1S/C21H17ClN8O3/c1-12(13-5-3-2-4-6-13)30-15(27-29-8-7-14(22)17(29)20(30)31)9-28-11-25-16-18(26-21(32)33)23-10-24-19(16)28/h2-8,10-12H,9H2,1H3,(H,32,33)(H,23,24,26)/t12-/m0/s1. The molecule has 0 aliphatic rings. The lowest BCUT2D eigenvalue weighted by Crippen LogP contribution is -2.31. The molecule has 0 fully saturated rings. The molecular weight excluding hydrogens is 448 g/mol. The molecule has 0 spiro atoms. The molecule has 0 aliphatic heterocycles. The van der Waals surface area contributed by atoms with Gasteiger partial charge in [0.15, 0.2) is 22.8 Å². The predicted molar refractivity (Wildman–Crippen MR) is 121 cm³/mol. The highest BCUT2D eigenvalue weighted by atomic mass is 35.5. The van der Waals surface area contributed by atoms with Crippen LogP contribution in [-0.2, 0) is 6.54 Å². The van der Waals surface area contributed by atoms with E-state index in [-0.39, 0.29) is 35.0 Å². The number of anilines is 1. The number of imidazole rings is 1. The Balaban J connectivity index is 1.67. The first-order valence-corrected chi connectivity index (χ1v) is 10.3. The molecule has 5 rings (SSSR count). The topological polar surface area (TPSA) is 132 Å². The largest absolute Gasteiger partial charge is 0.465 e. The van der Waals surface area contributed by atoms with Crippen molar-refractivity contribution in [2.45, 2.75) is 19.5 Å². The second-order valence-electron chi connectivity index (χ2n) is 7.33. The Labute approximate surface area is 190 Å². The highest BCUT2D eigenvalue weighted by molar-refractivity contribution is 6.33. The summed E-state index contributed by atoms with van der Waals surface area (Å²) in [6.45, 7) is 2.07. The summed E-state index contributed by atoms with van der Waals surface area (Å²) in [5.74, 6) is 0.517. The van der Waals surface area contributed by atoms with Crippen molar-refractivity contribution in [3.63, 3.8) is 0 Å². The predicted octanol–water partition coefficient (Wildman–Crippen LogP) is 3.04. The van der Waals surface area contributed by atoms with E-state index >= 15 is 0 Å². The van der Waals surface area contributed by atoms with Crippen molar-refractivity contribution in [3.8, 4) is 0 Å². The van der Waals surface area contributed by atoms with Gasteiger partial charge in [-0.25, -0.2) is 24.3 Å². The lowest BCUT2D eigenvalue weighted by Gasteiger charge is -2.20. The van der Waals surface area contributed by atoms with E-state index < -0.39 is 6.09 Å². The number of benzene rings is 1. The summed E-state index contributed by atoms with van der Waals surface area (Å²) in [6, 6.07) is 10.9. The van der Waals surface area contributed by atoms with E-state index in [9.17, 15) is 9.59 Å². The van der Waals surface area contributed by atoms with Crippen molar-refractivity contribution in [1.29, 1.82) is 0 Å². The highest BCUT2D eigenvalue weighted by Crippen LogP contribution is 2.22. The van der Waals surface area contributed by atoms with Gasteiger partial charge in [-0.15, -0.1) is 0 Å². The average molecular weight is 465 g/mol. The minimum absolute atomic E-state index is 0.0712. The van der Waals surface area contributed by atoms with Crippen LogP contribution in [0.1, 0.15) is 24.4 Å². The fourth-order valence-corrected chi connectivity index (χ4v) is 4.04. The van der Waals surface area contributed by atoms with Gasteiger partial charge in [0, 0.05) is 6.20 Å². The van der Waals surface area contributed by atoms with Crippen molar-refractivity contribution >= 4 is 40.2 Å². The Morgan fingerprint density at radius 1 is 1.18 bits per heavy atom. The average Bonchev–Trinajstić information content (AvgIpc) is 3.38. The van der Waals surface area contributed by atoms with Crippen molar-refractivity contribution < 1.29 is 9.90 Å². The van der Waals surface area contributed by atoms with Crippen LogP contribution in [0.2, 0.25) is 5.02 Å². The molecule has 4 heterocycles. The zero-order valence-electron chi connectivity index (χ0n) is 17.3. The van der Waals surface area contributed by atoms with Crippen LogP contribution in [0, 0.1) is 0 Å². The molecule has 0 unspecified atom stereocenters. The van der Waals surface area contributed by atoms with Crippen LogP contribution < -0.4 is 10.9 Å². The van der Waals surface area contributed by atoms with Gasteiger partial charge < -0.3 is 9.67 Å². The summed E-state index contributed by atoms with van der Waals surface area (Å²) in [4.78, 5) is 37.0. The van der Waals surface area contributed by atoms with E-state index in [2.05, 4.69) is 25.4 Å². The molecule has 11 nitrogen and oxygen atoms in total. The third-order valence-electron chi connectivity index (χ3n) is 5.35. The number of amides is 1. The minimum atomic E-state index is -1.26. The second-order valence-corrected chi connectivity index (χ2v) is 7.74. The first-order valence-electron chi connectivity index (χ1n) is 9.93. The van der Waals surface area contributed by atoms with Gasteiger partial charge in [-0.2, -0.15) is 5.10 Å². The molecule has 166 valence electrons. The Morgan fingerprint density at radius 3 is 2.73 bits per heavy atom. The number of hydrogen-bond acceptors (Lipinski definition) is 6. The molecule has 1 amide bonds. The minimum Gasteiger partial charge on any atom is -0.465 e. The molecule has 1 atom stereocenters. The zero-order chi connectivity index (χ0) is 23.1. The maximum Gasteiger partial charge on any atom is 0.410 e. The molecule has 4 aromatic heterocycles. The Hall–Kier alpha value is -4.25. The van der Waals surface area contributed by atoms with Gasteiger partial charge in [0.05, 0.1) is 23.9 Å². The summed E-state index contributed by atoms with van der Waals surface area (Å²) in [5.41, 5.74) is 1.62. The van der Waals surface area contributed by atoms with E-state index in [1.807, 2.05) is 37.3 Å². The zero-order valence-corrected chi connectivity index (χ0v) is 18.0. The first-order chi connectivity index (χ1) is 15.9. The monoisotopic (exact) mass is 464 g/mol. The van der Waals surface area contributed by atoms with Crippen LogP contribution in [0.25, 0.3) is 16.7 Å². The highest BCUT2D eigenvalue weighted by Gasteiger charge is 2.21.